The quantitative estimate of drug-likeness (QED) is 0.292. The van der Waals surface area contributed by atoms with Crippen LogP contribution in [0.4, 0.5) is 0 Å². The van der Waals surface area contributed by atoms with Crippen LogP contribution in [0.15, 0.2) is 28.7 Å². The zero-order valence-electron chi connectivity index (χ0n) is 11.8. The summed E-state index contributed by atoms with van der Waals surface area (Å²) in [5.74, 6) is -0.381. The molecule has 0 saturated heterocycles. The number of unbranched alkanes of at least 4 members (excludes halogenated alkanes) is 2. The Morgan fingerprint density at radius 2 is 2.00 bits per heavy atom. The lowest BCUT2D eigenvalue weighted by Gasteiger charge is -2.12. The van der Waals surface area contributed by atoms with Gasteiger partial charge in [0, 0.05) is 10.9 Å². The number of ether oxygens (including phenoxy) is 1. The third kappa shape index (κ3) is 7.94. The molecular weight excluding hydrogens is 338 g/mol. The first kappa shape index (κ1) is 17.8. The maximum atomic E-state index is 11.0. The third-order valence-electron chi connectivity index (χ3n) is 3.05. The molecule has 2 N–H and O–H groups in total. The number of hydrogen-bond donors (Lipinski definition) is 2. The summed E-state index contributed by atoms with van der Waals surface area (Å²) in [6.45, 7) is 0.406. The van der Waals surface area contributed by atoms with E-state index in [9.17, 15) is 9.59 Å². The Labute approximate surface area is 132 Å². The van der Waals surface area contributed by atoms with Crippen molar-refractivity contribution < 1.29 is 19.5 Å². The number of hydroxylamine groups is 1. The molecule has 0 spiro atoms. The van der Waals surface area contributed by atoms with Crippen molar-refractivity contribution in [3.8, 4) is 0 Å². The van der Waals surface area contributed by atoms with E-state index in [0.717, 1.165) is 29.2 Å². The van der Waals surface area contributed by atoms with Crippen LogP contribution in [0.2, 0.25) is 0 Å². The minimum absolute atomic E-state index is 0.294. The first-order valence-electron chi connectivity index (χ1n) is 6.90. The summed E-state index contributed by atoms with van der Waals surface area (Å²) in [7, 11) is 0. The van der Waals surface area contributed by atoms with Crippen LogP contribution in [-0.4, -0.2) is 23.5 Å². The number of hydrogen-bond acceptors (Lipinski definition) is 4. The predicted octanol–water partition coefficient (Wildman–Crippen LogP) is 2.99. The van der Waals surface area contributed by atoms with Crippen LogP contribution in [0.3, 0.4) is 0 Å². The van der Waals surface area contributed by atoms with Crippen molar-refractivity contribution in [1.82, 2.24) is 5.48 Å². The molecule has 0 aromatic heterocycles. The van der Waals surface area contributed by atoms with E-state index in [1.807, 2.05) is 24.3 Å². The molecule has 0 radical (unpaired) electrons. The predicted molar refractivity (Wildman–Crippen MR) is 81.8 cm³/mol. The molecule has 6 heteroatoms. The molecule has 1 unspecified atom stereocenters. The van der Waals surface area contributed by atoms with E-state index in [2.05, 4.69) is 15.9 Å². The molecule has 1 rings (SSSR count). The van der Waals surface area contributed by atoms with Gasteiger partial charge in [0.2, 0.25) is 5.91 Å². The number of carbonyl (C=O) groups excluding carboxylic acids is 2. The van der Waals surface area contributed by atoms with Crippen molar-refractivity contribution in [2.24, 2.45) is 0 Å². The zero-order chi connectivity index (χ0) is 15.5. The van der Waals surface area contributed by atoms with Gasteiger partial charge >= 0.3 is 0 Å². The highest BCUT2D eigenvalue weighted by Gasteiger charge is 2.08. The van der Waals surface area contributed by atoms with E-state index in [1.54, 1.807) is 5.48 Å². The summed E-state index contributed by atoms with van der Waals surface area (Å²) in [5, 5.41) is 8.34. The Bertz CT molecular complexity index is 436. The fraction of sp³-hybridized carbons (Fsp3) is 0.467. The summed E-state index contributed by atoms with van der Waals surface area (Å²) >= 11 is 3.36. The average molecular weight is 358 g/mol. The lowest BCUT2D eigenvalue weighted by molar-refractivity contribution is -0.129. The van der Waals surface area contributed by atoms with Gasteiger partial charge in [-0.1, -0.05) is 40.9 Å². The molecule has 0 aliphatic heterocycles. The van der Waals surface area contributed by atoms with Crippen molar-refractivity contribution in [2.75, 3.05) is 0 Å². The van der Waals surface area contributed by atoms with Crippen molar-refractivity contribution in [2.45, 2.75) is 44.8 Å². The molecule has 0 heterocycles. The van der Waals surface area contributed by atoms with Crippen molar-refractivity contribution >= 4 is 28.1 Å². The highest BCUT2D eigenvalue weighted by atomic mass is 79.9. The fourth-order valence-electron chi connectivity index (χ4n) is 1.84. The van der Waals surface area contributed by atoms with E-state index >= 15 is 0 Å². The molecule has 1 atom stereocenters. The van der Waals surface area contributed by atoms with E-state index < -0.39 is 6.10 Å². The molecule has 0 fully saturated rings. The van der Waals surface area contributed by atoms with E-state index in [1.165, 1.54) is 0 Å². The SMILES string of the molecule is O=CC(CCCCCC(=O)NO)OCc1ccc(Br)cc1. The van der Waals surface area contributed by atoms with E-state index in [-0.39, 0.29) is 5.91 Å². The smallest absolute Gasteiger partial charge is 0.243 e. The largest absolute Gasteiger partial charge is 0.366 e. The molecule has 0 aliphatic rings. The normalized spacial score (nSPS) is 11.9. The first-order chi connectivity index (χ1) is 10.2. The van der Waals surface area contributed by atoms with Crippen molar-refractivity contribution in [3.05, 3.63) is 34.3 Å². The molecular formula is C15H20BrNO4. The monoisotopic (exact) mass is 357 g/mol. The highest BCUT2D eigenvalue weighted by molar-refractivity contribution is 9.10. The molecule has 5 nitrogen and oxygen atoms in total. The molecule has 0 aliphatic carbocycles. The summed E-state index contributed by atoms with van der Waals surface area (Å²) in [4.78, 5) is 21.8. The second-order valence-electron chi connectivity index (χ2n) is 4.75. The minimum atomic E-state index is -0.416. The van der Waals surface area contributed by atoms with E-state index in [4.69, 9.17) is 9.94 Å². The second kappa shape index (κ2) is 10.5. The van der Waals surface area contributed by atoms with Gasteiger partial charge in [0.1, 0.15) is 12.4 Å². The topological polar surface area (TPSA) is 75.6 Å². The van der Waals surface area contributed by atoms with Gasteiger partial charge in [-0.2, -0.15) is 0 Å². The third-order valence-corrected chi connectivity index (χ3v) is 3.57. The molecule has 1 aromatic rings. The summed E-state index contributed by atoms with van der Waals surface area (Å²) in [6, 6.07) is 7.75. The number of amides is 1. The zero-order valence-corrected chi connectivity index (χ0v) is 13.3. The summed E-state index contributed by atoms with van der Waals surface area (Å²) < 4.78 is 6.57. The fourth-order valence-corrected chi connectivity index (χ4v) is 2.10. The van der Waals surface area contributed by atoms with Gasteiger partial charge < -0.3 is 9.53 Å². The Balaban J connectivity index is 2.18. The van der Waals surface area contributed by atoms with Gasteiger partial charge in [-0.15, -0.1) is 0 Å². The van der Waals surface area contributed by atoms with Crippen LogP contribution < -0.4 is 5.48 Å². The Morgan fingerprint density at radius 3 is 2.62 bits per heavy atom. The molecule has 1 aromatic carbocycles. The maximum absolute atomic E-state index is 11.0. The lowest BCUT2D eigenvalue weighted by Crippen LogP contribution is -2.18. The van der Waals surface area contributed by atoms with Gasteiger partial charge in [0.15, 0.2) is 0 Å². The van der Waals surface area contributed by atoms with Crippen LogP contribution in [0.5, 0.6) is 0 Å². The number of carbonyl (C=O) groups is 2. The van der Waals surface area contributed by atoms with Crippen LogP contribution in [-0.2, 0) is 20.9 Å². The molecule has 21 heavy (non-hydrogen) atoms. The molecule has 1 amide bonds. The van der Waals surface area contributed by atoms with Gasteiger partial charge in [-0.25, -0.2) is 5.48 Å². The van der Waals surface area contributed by atoms with Gasteiger partial charge in [0.05, 0.1) is 6.61 Å². The highest BCUT2D eigenvalue weighted by Crippen LogP contribution is 2.13. The van der Waals surface area contributed by atoms with Crippen LogP contribution in [0.25, 0.3) is 0 Å². The van der Waals surface area contributed by atoms with Gasteiger partial charge in [-0.05, 0) is 30.5 Å². The number of halogens is 1. The Morgan fingerprint density at radius 1 is 1.29 bits per heavy atom. The molecule has 0 saturated carbocycles. The number of aldehydes is 1. The Hall–Kier alpha value is -1.24. The number of benzene rings is 1. The molecule has 0 bridgehead atoms. The lowest BCUT2D eigenvalue weighted by atomic mass is 10.1. The minimum Gasteiger partial charge on any atom is -0.366 e. The second-order valence-corrected chi connectivity index (χ2v) is 5.66. The maximum Gasteiger partial charge on any atom is 0.243 e. The van der Waals surface area contributed by atoms with Crippen LogP contribution in [0.1, 0.15) is 37.7 Å². The average Bonchev–Trinajstić information content (AvgIpc) is 2.51. The Kier molecular flexibility index (Phi) is 8.89. The van der Waals surface area contributed by atoms with Crippen LogP contribution in [0, 0.1) is 0 Å². The summed E-state index contributed by atoms with van der Waals surface area (Å²) in [6.07, 6.45) is 3.65. The summed E-state index contributed by atoms with van der Waals surface area (Å²) in [5.41, 5.74) is 2.61. The van der Waals surface area contributed by atoms with Gasteiger partial charge in [0.25, 0.3) is 0 Å². The van der Waals surface area contributed by atoms with Crippen LogP contribution >= 0.6 is 15.9 Å². The standard InChI is InChI=1S/C15H20BrNO4/c16-13-8-6-12(7-9-13)11-21-14(10-18)4-2-1-3-5-15(19)17-20/h6-10,14,20H,1-5,11H2,(H,17,19). The van der Waals surface area contributed by atoms with Crippen molar-refractivity contribution in [1.29, 1.82) is 0 Å². The molecule has 116 valence electrons. The van der Waals surface area contributed by atoms with Gasteiger partial charge in [-0.3, -0.25) is 10.0 Å². The van der Waals surface area contributed by atoms with Crippen molar-refractivity contribution in [3.63, 3.8) is 0 Å². The first-order valence-corrected chi connectivity index (χ1v) is 7.69. The number of rotatable bonds is 10. The number of nitrogens with one attached hydrogen (secondary N) is 1. The van der Waals surface area contributed by atoms with E-state index in [0.29, 0.717) is 25.9 Å².